The molecule has 0 bridgehead atoms. The Bertz CT molecular complexity index is 1320. The summed E-state index contributed by atoms with van der Waals surface area (Å²) < 4.78 is 1.77. The van der Waals surface area contributed by atoms with Crippen molar-refractivity contribution in [2.75, 3.05) is 0 Å². The Hall–Kier alpha value is -4.00. The molecule has 0 aliphatic carbocycles. The van der Waals surface area contributed by atoms with Crippen LogP contribution in [-0.4, -0.2) is 30.2 Å². The van der Waals surface area contributed by atoms with E-state index < -0.39 is 5.91 Å². The molecule has 5 rings (SSSR count). The van der Waals surface area contributed by atoms with Crippen LogP contribution in [0.2, 0.25) is 0 Å². The van der Waals surface area contributed by atoms with Crippen LogP contribution in [0.4, 0.5) is 0 Å². The standard InChI is InChI=1S/C20H14N6O/c21-20(27)17-11-26-18(9-24-19(26)10-23-17)16-6-2-5-15(25-16)12-3-1-4-14-13(12)7-8-22-14/h1-11,22H,(H2,21,27). The summed E-state index contributed by atoms with van der Waals surface area (Å²) in [7, 11) is 0. The number of hydrogen-bond donors (Lipinski definition) is 2. The van der Waals surface area contributed by atoms with Gasteiger partial charge in [0.25, 0.3) is 5.91 Å². The van der Waals surface area contributed by atoms with Gasteiger partial charge in [0.15, 0.2) is 5.65 Å². The van der Waals surface area contributed by atoms with Gasteiger partial charge in [0.05, 0.1) is 29.5 Å². The summed E-state index contributed by atoms with van der Waals surface area (Å²) >= 11 is 0. The molecule has 0 unspecified atom stereocenters. The first-order valence-electron chi connectivity index (χ1n) is 8.37. The van der Waals surface area contributed by atoms with E-state index in [2.05, 4.69) is 15.0 Å². The van der Waals surface area contributed by atoms with Crippen LogP contribution in [0.15, 0.2) is 67.3 Å². The number of amides is 1. The molecule has 4 heterocycles. The van der Waals surface area contributed by atoms with Crippen molar-refractivity contribution >= 4 is 22.5 Å². The van der Waals surface area contributed by atoms with Gasteiger partial charge in [-0.15, -0.1) is 0 Å². The van der Waals surface area contributed by atoms with E-state index in [4.69, 9.17) is 10.7 Å². The van der Waals surface area contributed by atoms with Crippen molar-refractivity contribution in [1.29, 1.82) is 0 Å². The predicted octanol–water partition coefficient (Wildman–Crippen LogP) is 3.04. The van der Waals surface area contributed by atoms with Gasteiger partial charge in [-0.25, -0.2) is 15.0 Å². The Morgan fingerprint density at radius 1 is 1.00 bits per heavy atom. The summed E-state index contributed by atoms with van der Waals surface area (Å²) in [4.78, 5) is 27.9. The Morgan fingerprint density at radius 3 is 2.74 bits per heavy atom. The van der Waals surface area contributed by atoms with Crippen molar-refractivity contribution in [3.8, 4) is 22.6 Å². The molecule has 7 nitrogen and oxygen atoms in total. The van der Waals surface area contributed by atoms with E-state index in [-0.39, 0.29) is 5.69 Å². The third kappa shape index (κ3) is 2.44. The van der Waals surface area contributed by atoms with E-state index in [1.807, 2.05) is 48.7 Å². The van der Waals surface area contributed by atoms with Crippen molar-refractivity contribution in [3.05, 3.63) is 72.9 Å². The van der Waals surface area contributed by atoms with Crippen molar-refractivity contribution in [2.24, 2.45) is 5.73 Å². The summed E-state index contributed by atoms with van der Waals surface area (Å²) in [5, 5.41) is 1.11. The number of hydrogen-bond acceptors (Lipinski definition) is 4. The second kappa shape index (κ2) is 5.77. The highest BCUT2D eigenvalue weighted by atomic mass is 16.1. The zero-order valence-corrected chi connectivity index (χ0v) is 14.1. The van der Waals surface area contributed by atoms with Crippen LogP contribution in [0, 0.1) is 0 Å². The number of pyridine rings is 1. The van der Waals surface area contributed by atoms with Crippen LogP contribution in [0.25, 0.3) is 39.2 Å². The molecule has 4 aromatic heterocycles. The van der Waals surface area contributed by atoms with Crippen LogP contribution in [0.1, 0.15) is 10.5 Å². The molecule has 0 saturated heterocycles. The normalized spacial score (nSPS) is 11.3. The van der Waals surface area contributed by atoms with Crippen LogP contribution in [0.5, 0.6) is 0 Å². The maximum Gasteiger partial charge on any atom is 0.268 e. The fourth-order valence-electron chi connectivity index (χ4n) is 3.24. The summed E-state index contributed by atoms with van der Waals surface area (Å²) in [5.41, 5.74) is 10.6. The minimum absolute atomic E-state index is 0.176. The topological polar surface area (TPSA) is 102 Å². The quantitative estimate of drug-likeness (QED) is 0.520. The Balaban J connectivity index is 1.68. The summed E-state index contributed by atoms with van der Waals surface area (Å²) in [6, 6.07) is 14.0. The van der Waals surface area contributed by atoms with Gasteiger partial charge in [-0.05, 0) is 24.3 Å². The van der Waals surface area contributed by atoms with Gasteiger partial charge in [0.2, 0.25) is 0 Å². The van der Waals surface area contributed by atoms with Gasteiger partial charge in [-0.1, -0.05) is 18.2 Å². The summed E-state index contributed by atoms with van der Waals surface area (Å²) in [6.07, 6.45) is 6.74. The number of carbonyl (C=O) groups excluding carboxylic acids is 1. The lowest BCUT2D eigenvalue weighted by molar-refractivity contribution is 0.0995. The number of aromatic nitrogens is 5. The van der Waals surface area contributed by atoms with Crippen LogP contribution in [0.3, 0.4) is 0 Å². The molecule has 0 fully saturated rings. The number of imidazole rings is 1. The average Bonchev–Trinajstić information content (AvgIpc) is 3.34. The number of aromatic amines is 1. The molecule has 130 valence electrons. The first kappa shape index (κ1) is 15.3. The maximum absolute atomic E-state index is 11.5. The van der Waals surface area contributed by atoms with Crippen molar-refractivity contribution in [2.45, 2.75) is 0 Å². The molecule has 1 amide bonds. The van der Waals surface area contributed by atoms with Gasteiger partial charge in [0.1, 0.15) is 5.69 Å². The summed E-state index contributed by atoms with van der Waals surface area (Å²) in [6.45, 7) is 0. The number of rotatable bonds is 3. The molecule has 5 aromatic rings. The second-order valence-electron chi connectivity index (χ2n) is 6.16. The molecule has 0 atom stereocenters. The molecule has 3 N–H and O–H groups in total. The maximum atomic E-state index is 11.5. The van der Waals surface area contributed by atoms with E-state index in [1.54, 1.807) is 16.8 Å². The molecule has 0 radical (unpaired) electrons. The van der Waals surface area contributed by atoms with Crippen LogP contribution >= 0.6 is 0 Å². The molecule has 0 aliphatic rings. The largest absolute Gasteiger partial charge is 0.364 e. The minimum atomic E-state index is -0.586. The van der Waals surface area contributed by atoms with E-state index >= 15 is 0 Å². The van der Waals surface area contributed by atoms with E-state index in [1.165, 1.54) is 6.20 Å². The smallest absolute Gasteiger partial charge is 0.268 e. The number of benzene rings is 1. The lowest BCUT2D eigenvalue weighted by atomic mass is 10.1. The van der Waals surface area contributed by atoms with Gasteiger partial charge >= 0.3 is 0 Å². The molecule has 1 aromatic carbocycles. The SMILES string of the molecule is NC(=O)c1cn2c(-c3cccc(-c4cccc5[nH]ccc45)n3)cnc2cn1. The Labute approximate surface area is 153 Å². The van der Waals surface area contributed by atoms with E-state index in [0.717, 1.165) is 33.5 Å². The number of primary amides is 1. The highest BCUT2D eigenvalue weighted by Crippen LogP contribution is 2.28. The zero-order chi connectivity index (χ0) is 18.4. The van der Waals surface area contributed by atoms with Gasteiger partial charge in [-0.3, -0.25) is 9.20 Å². The monoisotopic (exact) mass is 354 g/mol. The first-order valence-corrected chi connectivity index (χ1v) is 8.37. The second-order valence-corrected chi connectivity index (χ2v) is 6.16. The van der Waals surface area contributed by atoms with Gasteiger partial charge in [-0.2, -0.15) is 0 Å². The van der Waals surface area contributed by atoms with E-state index in [9.17, 15) is 4.79 Å². The van der Waals surface area contributed by atoms with Gasteiger partial charge < -0.3 is 10.7 Å². The molecule has 0 aliphatic heterocycles. The van der Waals surface area contributed by atoms with E-state index in [0.29, 0.717) is 5.65 Å². The molecule has 7 heteroatoms. The lowest BCUT2D eigenvalue weighted by Gasteiger charge is -2.07. The van der Waals surface area contributed by atoms with Crippen molar-refractivity contribution < 1.29 is 4.79 Å². The summed E-state index contributed by atoms with van der Waals surface area (Å²) in [5.74, 6) is -0.586. The van der Waals surface area contributed by atoms with Crippen molar-refractivity contribution in [1.82, 2.24) is 24.3 Å². The van der Waals surface area contributed by atoms with Gasteiger partial charge in [0, 0.05) is 28.9 Å². The van der Waals surface area contributed by atoms with Crippen LogP contribution in [-0.2, 0) is 0 Å². The molecule has 27 heavy (non-hydrogen) atoms. The number of carbonyl (C=O) groups is 1. The highest BCUT2D eigenvalue weighted by molar-refractivity contribution is 5.94. The fraction of sp³-hybridized carbons (Fsp3) is 0. The number of nitrogens with one attached hydrogen (secondary N) is 1. The van der Waals surface area contributed by atoms with Crippen molar-refractivity contribution in [3.63, 3.8) is 0 Å². The number of H-pyrrole nitrogens is 1. The molecular weight excluding hydrogens is 340 g/mol. The number of nitrogens with two attached hydrogens (primary N) is 1. The highest BCUT2D eigenvalue weighted by Gasteiger charge is 2.12. The zero-order valence-electron chi connectivity index (χ0n) is 14.1. The third-order valence-corrected chi connectivity index (χ3v) is 4.53. The number of fused-ring (bicyclic) bond motifs is 2. The lowest BCUT2D eigenvalue weighted by Crippen LogP contribution is -2.14. The average molecular weight is 354 g/mol. The minimum Gasteiger partial charge on any atom is -0.364 e. The van der Waals surface area contributed by atoms with Crippen LogP contribution < -0.4 is 5.73 Å². The Morgan fingerprint density at radius 2 is 1.85 bits per heavy atom. The molecular formula is C20H14N6O. The molecule has 0 saturated carbocycles. The Kier molecular flexibility index (Phi) is 3.26. The number of nitrogens with zero attached hydrogens (tertiary/aromatic N) is 4. The first-order chi connectivity index (χ1) is 13.2. The predicted molar refractivity (Wildman–Crippen MR) is 102 cm³/mol. The third-order valence-electron chi connectivity index (χ3n) is 4.53. The molecule has 0 spiro atoms. The fourth-order valence-corrected chi connectivity index (χ4v) is 3.24.